The molecule has 1 atom stereocenters. The van der Waals surface area contributed by atoms with Gasteiger partial charge in [-0.1, -0.05) is 30.3 Å². The molecule has 0 amide bonds. The fourth-order valence-corrected chi connectivity index (χ4v) is 1.83. The minimum atomic E-state index is -1.18. The molecule has 2 rings (SSSR count). The number of ether oxygens (including phenoxy) is 2. The Morgan fingerprint density at radius 1 is 1.20 bits per heavy atom. The maximum absolute atomic E-state index is 9.63. The average molecular weight is 269 g/mol. The number of rotatable bonds is 5. The zero-order valence-electron chi connectivity index (χ0n) is 11.1. The van der Waals surface area contributed by atoms with E-state index in [4.69, 9.17) is 14.7 Å². The van der Waals surface area contributed by atoms with Crippen LogP contribution in [0.4, 0.5) is 0 Å². The molecular weight excluding hydrogens is 254 g/mol. The highest BCUT2D eigenvalue weighted by Crippen LogP contribution is 2.25. The van der Waals surface area contributed by atoms with Gasteiger partial charge in [-0.05, 0) is 23.8 Å². The van der Waals surface area contributed by atoms with Crippen molar-refractivity contribution in [1.82, 2.24) is 0 Å². The van der Waals surface area contributed by atoms with Crippen molar-refractivity contribution in [2.45, 2.75) is 12.7 Å². The Kier molecular flexibility index (Phi) is 4.59. The molecular formula is C16H15NO3. The van der Waals surface area contributed by atoms with Gasteiger partial charge in [0.05, 0.1) is 13.2 Å². The maximum atomic E-state index is 9.63. The first-order valence-electron chi connectivity index (χ1n) is 6.17. The largest absolute Gasteiger partial charge is 0.497 e. The van der Waals surface area contributed by atoms with E-state index in [1.165, 1.54) is 0 Å². The third-order valence-electron chi connectivity index (χ3n) is 2.86. The molecule has 0 aliphatic rings. The highest BCUT2D eigenvalue weighted by atomic mass is 16.5. The van der Waals surface area contributed by atoms with Crippen molar-refractivity contribution in [2.75, 3.05) is 7.11 Å². The van der Waals surface area contributed by atoms with Gasteiger partial charge in [0.1, 0.15) is 18.1 Å². The van der Waals surface area contributed by atoms with Crippen LogP contribution in [0.3, 0.4) is 0 Å². The fraction of sp³-hybridized carbons (Fsp3) is 0.188. The van der Waals surface area contributed by atoms with Gasteiger partial charge >= 0.3 is 0 Å². The Hall–Kier alpha value is -2.51. The molecule has 0 aromatic heterocycles. The standard InChI is InChI=1S/C16H15NO3/c1-19-13-6-4-5-12(9-13)11-20-16-8-3-2-7-14(16)15(18)10-17/h2-9,15,18H,11H2,1H3. The number of methoxy groups -OCH3 is 1. The van der Waals surface area contributed by atoms with Crippen LogP contribution in [-0.4, -0.2) is 12.2 Å². The Balaban J connectivity index is 2.13. The van der Waals surface area contributed by atoms with Crippen molar-refractivity contribution in [2.24, 2.45) is 0 Å². The molecule has 0 fully saturated rings. The van der Waals surface area contributed by atoms with Crippen LogP contribution >= 0.6 is 0 Å². The highest BCUT2D eigenvalue weighted by molar-refractivity contribution is 5.38. The van der Waals surface area contributed by atoms with Gasteiger partial charge in [0.2, 0.25) is 0 Å². The summed E-state index contributed by atoms with van der Waals surface area (Å²) in [5, 5.41) is 18.4. The maximum Gasteiger partial charge on any atom is 0.169 e. The van der Waals surface area contributed by atoms with Crippen LogP contribution in [0.5, 0.6) is 11.5 Å². The summed E-state index contributed by atoms with van der Waals surface area (Å²) >= 11 is 0. The molecule has 4 heteroatoms. The molecule has 0 aliphatic heterocycles. The van der Waals surface area contributed by atoms with Crippen LogP contribution < -0.4 is 9.47 Å². The lowest BCUT2D eigenvalue weighted by molar-refractivity contribution is 0.223. The lowest BCUT2D eigenvalue weighted by atomic mass is 10.1. The number of hydrogen-bond acceptors (Lipinski definition) is 4. The van der Waals surface area contributed by atoms with Gasteiger partial charge in [-0.2, -0.15) is 5.26 Å². The van der Waals surface area contributed by atoms with Crippen LogP contribution in [0.15, 0.2) is 48.5 Å². The van der Waals surface area contributed by atoms with Crippen molar-refractivity contribution in [1.29, 1.82) is 5.26 Å². The summed E-state index contributed by atoms with van der Waals surface area (Å²) in [5.74, 6) is 1.26. The van der Waals surface area contributed by atoms with Gasteiger partial charge in [0.25, 0.3) is 0 Å². The molecule has 0 saturated heterocycles. The van der Waals surface area contributed by atoms with E-state index >= 15 is 0 Å². The number of aliphatic hydroxyl groups is 1. The van der Waals surface area contributed by atoms with E-state index in [1.54, 1.807) is 37.4 Å². The molecule has 1 unspecified atom stereocenters. The first-order chi connectivity index (χ1) is 9.74. The number of nitriles is 1. The molecule has 0 radical (unpaired) electrons. The minimum absolute atomic E-state index is 0.340. The van der Waals surface area contributed by atoms with Crippen LogP contribution in [0.25, 0.3) is 0 Å². The van der Waals surface area contributed by atoms with E-state index in [1.807, 2.05) is 24.3 Å². The third-order valence-corrected chi connectivity index (χ3v) is 2.86. The van der Waals surface area contributed by atoms with Gasteiger partial charge in [-0.15, -0.1) is 0 Å². The fourth-order valence-electron chi connectivity index (χ4n) is 1.83. The van der Waals surface area contributed by atoms with Gasteiger partial charge in [0, 0.05) is 5.56 Å². The van der Waals surface area contributed by atoms with E-state index in [0.29, 0.717) is 17.9 Å². The van der Waals surface area contributed by atoms with E-state index in [-0.39, 0.29) is 0 Å². The zero-order valence-corrected chi connectivity index (χ0v) is 11.1. The number of nitrogens with zero attached hydrogens (tertiary/aromatic N) is 1. The summed E-state index contributed by atoms with van der Waals surface area (Å²) in [5.41, 5.74) is 1.42. The summed E-state index contributed by atoms with van der Waals surface area (Å²) in [6.45, 7) is 0.340. The van der Waals surface area contributed by atoms with Crippen molar-refractivity contribution in [3.63, 3.8) is 0 Å². The van der Waals surface area contributed by atoms with Gasteiger partial charge in [0.15, 0.2) is 6.10 Å². The van der Waals surface area contributed by atoms with Crippen LogP contribution in [0.1, 0.15) is 17.2 Å². The molecule has 0 heterocycles. The second-order valence-electron chi connectivity index (χ2n) is 4.21. The lowest BCUT2D eigenvalue weighted by Crippen LogP contribution is -2.01. The summed E-state index contributed by atoms with van der Waals surface area (Å²) in [7, 11) is 1.61. The van der Waals surface area contributed by atoms with Crippen molar-refractivity contribution < 1.29 is 14.6 Å². The molecule has 0 saturated carbocycles. The second-order valence-corrected chi connectivity index (χ2v) is 4.21. The summed E-state index contributed by atoms with van der Waals surface area (Å²) in [6, 6.07) is 16.3. The third kappa shape index (κ3) is 3.28. The number of para-hydroxylation sites is 1. The Labute approximate surface area is 117 Å². The SMILES string of the molecule is COc1cccc(COc2ccccc2C(O)C#N)c1. The quantitative estimate of drug-likeness (QED) is 0.848. The van der Waals surface area contributed by atoms with Crippen molar-refractivity contribution in [3.8, 4) is 17.6 Å². The number of aliphatic hydroxyl groups excluding tert-OH is 1. The molecule has 2 aromatic rings. The van der Waals surface area contributed by atoms with Gasteiger partial charge in [-0.25, -0.2) is 0 Å². The Bertz CT molecular complexity index is 619. The summed E-state index contributed by atoms with van der Waals surface area (Å²) in [4.78, 5) is 0. The lowest BCUT2D eigenvalue weighted by Gasteiger charge is -2.12. The molecule has 2 aromatic carbocycles. The molecule has 0 bridgehead atoms. The van der Waals surface area contributed by atoms with Gasteiger partial charge in [-0.3, -0.25) is 0 Å². The monoisotopic (exact) mass is 269 g/mol. The minimum Gasteiger partial charge on any atom is -0.497 e. The van der Waals surface area contributed by atoms with Crippen LogP contribution in [-0.2, 0) is 6.61 Å². The predicted octanol–water partition coefficient (Wildman–Crippen LogP) is 2.83. The highest BCUT2D eigenvalue weighted by Gasteiger charge is 2.12. The second kappa shape index (κ2) is 6.60. The predicted molar refractivity (Wildman–Crippen MR) is 74.3 cm³/mol. The topological polar surface area (TPSA) is 62.5 Å². The Morgan fingerprint density at radius 3 is 2.75 bits per heavy atom. The normalized spacial score (nSPS) is 11.4. The zero-order chi connectivity index (χ0) is 14.4. The first kappa shape index (κ1) is 13.9. The van der Waals surface area contributed by atoms with E-state index < -0.39 is 6.10 Å². The molecule has 20 heavy (non-hydrogen) atoms. The van der Waals surface area contributed by atoms with E-state index in [0.717, 1.165) is 11.3 Å². The molecule has 4 nitrogen and oxygen atoms in total. The van der Waals surface area contributed by atoms with E-state index in [2.05, 4.69) is 0 Å². The smallest absolute Gasteiger partial charge is 0.169 e. The summed E-state index contributed by atoms with van der Waals surface area (Å²) in [6.07, 6.45) is -1.18. The van der Waals surface area contributed by atoms with Crippen LogP contribution in [0.2, 0.25) is 0 Å². The molecule has 0 aliphatic carbocycles. The number of benzene rings is 2. The first-order valence-corrected chi connectivity index (χ1v) is 6.17. The summed E-state index contributed by atoms with van der Waals surface area (Å²) < 4.78 is 10.8. The van der Waals surface area contributed by atoms with Crippen molar-refractivity contribution in [3.05, 3.63) is 59.7 Å². The molecule has 102 valence electrons. The van der Waals surface area contributed by atoms with E-state index in [9.17, 15) is 5.11 Å². The van der Waals surface area contributed by atoms with Gasteiger partial charge < -0.3 is 14.6 Å². The Morgan fingerprint density at radius 2 is 2.00 bits per heavy atom. The molecule has 1 N–H and O–H groups in total. The van der Waals surface area contributed by atoms with Crippen molar-refractivity contribution >= 4 is 0 Å². The number of hydrogen-bond donors (Lipinski definition) is 1. The van der Waals surface area contributed by atoms with Crippen LogP contribution in [0, 0.1) is 11.3 Å². The molecule has 0 spiro atoms. The average Bonchev–Trinajstić information content (AvgIpc) is 2.52.